The van der Waals surface area contributed by atoms with E-state index in [-0.39, 0.29) is 5.56 Å². The van der Waals surface area contributed by atoms with Gasteiger partial charge in [0.05, 0.1) is 11.6 Å². The summed E-state index contributed by atoms with van der Waals surface area (Å²) >= 11 is 0. The van der Waals surface area contributed by atoms with Crippen molar-refractivity contribution in [3.63, 3.8) is 0 Å². The lowest BCUT2D eigenvalue weighted by Gasteiger charge is -2.15. The summed E-state index contributed by atoms with van der Waals surface area (Å²) in [7, 11) is 0. The zero-order chi connectivity index (χ0) is 14.0. The van der Waals surface area contributed by atoms with Crippen molar-refractivity contribution < 1.29 is 17.6 Å². The van der Waals surface area contributed by atoms with Gasteiger partial charge in [0, 0.05) is 12.4 Å². The molecule has 0 aliphatic rings. The largest absolute Gasteiger partial charge is 0.419 e. The van der Waals surface area contributed by atoms with Crippen molar-refractivity contribution in [1.29, 1.82) is 0 Å². The molecule has 2 rings (SSSR count). The lowest BCUT2D eigenvalue weighted by molar-refractivity contribution is -0.140. The van der Waals surface area contributed by atoms with Crippen LogP contribution in [0.4, 0.5) is 17.6 Å². The van der Waals surface area contributed by atoms with E-state index in [0.717, 1.165) is 12.1 Å². The van der Waals surface area contributed by atoms with Crippen molar-refractivity contribution in [2.75, 3.05) is 0 Å². The van der Waals surface area contributed by atoms with E-state index in [1.165, 1.54) is 18.5 Å². The molecule has 2 N–H and O–H groups in total. The molecule has 1 atom stereocenters. The van der Waals surface area contributed by atoms with E-state index < -0.39 is 23.6 Å². The Bertz CT molecular complexity index is 567. The van der Waals surface area contributed by atoms with Gasteiger partial charge in [-0.15, -0.1) is 0 Å². The normalized spacial score (nSPS) is 13.3. The van der Waals surface area contributed by atoms with Gasteiger partial charge in [0.2, 0.25) is 0 Å². The highest BCUT2D eigenvalue weighted by Crippen LogP contribution is 2.33. The van der Waals surface area contributed by atoms with Crippen LogP contribution in [0.3, 0.4) is 0 Å². The standard InChI is InChI=1S/C13H10F4N2/c14-11-4-3-8(6-10(11)13(15,16)17)12(18)9-2-1-5-19-7-9/h1-7,12H,18H2. The molecule has 0 bridgehead atoms. The van der Waals surface area contributed by atoms with Gasteiger partial charge in [0.15, 0.2) is 0 Å². The van der Waals surface area contributed by atoms with Crippen LogP contribution < -0.4 is 5.73 Å². The fourth-order valence-electron chi connectivity index (χ4n) is 1.71. The van der Waals surface area contributed by atoms with Gasteiger partial charge in [-0.05, 0) is 29.3 Å². The van der Waals surface area contributed by atoms with Gasteiger partial charge < -0.3 is 5.73 Å². The summed E-state index contributed by atoms with van der Waals surface area (Å²) in [4.78, 5) is 3.84. The van der Waals surface area contributed by atoms with Gasteiger partial charge in [-0.2, -0.15) is 13.2 Å². The molecule has 6 heteroatoms. The van der Waals surface area contributed by atoms with Crippen LogP contribution in [-0.2, 0) is 6.18 Å². The highest BCUT2D eigenvalue weighted by atomic mass is 19.4. The summed E-state index contributed by atoms with van der Waals surface area (Å²) in [6.07, 6.45) is -1.75. The zero-order valence-corrected chi connectivity index (χ0v) is 9.66. The van der Waals surface area contributed by atoms with Crippen LogP contribution in [-0.4, -0.2) is 4.98 Å². The lowest BCUT2D eigenvalue weighted by atomic mass is 9.99. The monoisotopic (exact) mass is 270 g/mol. The van der Waals surface area contributed by atoms with Gasteiger partial charge in [0.25, 0.3) is 0 Å². The number of pyridine rings is 1. The number of rotatable bonds is 2. The number of nitrogens with two attached hydrogens (primary N) is 1. The minimum atomic E-state index is -4.74. The maximum atomic E-state index is 13.2. The van der Waals surface area contributed by atoms with E-state index in [2.05, 4.69) is 4.98 Å². The van der Waals surface area contributed by atoms with E-state index in [1.54, 1.807) is 12.1 Å². The summed E-state index contributed by atoms with van der Waals surface area (Å²) in [6, 6.07) is 5.23. The maximum Gasteiger partial charge on any atom is 0.419 e. The molecule has 0 saturated carbocycles. The Morgan fingerprint density at radius 2 is 1.84 bits per heavy atom. The quantitative estimate of drug-likeness (QED) is 0.850. The highest BCUT2D eigenvalue weighted by Gasteiger charge is 2.34. The third kappa shape index (κ3) is 2.90. The first-order valence-corrected chi connectivity index (χ1v) is 5.42. The third-order valence-corrected chi connectivity index (χ3v) is 2.70. The summed E-state index contributed by atoms with van der Waals surface area (Å²) in [6.45, 7) is 0. The van der Waals surface area contributed by atoms with Crippen molar-refractivity contribution in [1.82, 2.24) is 4.98 Å². The lowest BCUT2D eigenvalue weighted by Crippen LogP contribution is -2.15. The third-order valence-electron chi connectivity index (χ3n) is 2.70. The average molecular weight is 270 g/mol. The molecule has 0 saturated heterocycles. The molecular formula is C13H10F4N2. The summed E-state index contributed by atoms with van der Waals surface area (Å²) < 4.78 is 51.0. The number of alkyl halides is 3. The molecule has 2 nitrogen and oxygen atoms in total. The van der Waals surface area contributed by atoms with Crippen LogP contribution in [0, 0.1) is 5.82 Å². The molecule has 2 aromatic rings. The fourth-order valence-corrected chi connectivity index (χ4v) is 1.71. The first kappa shape index (κ1) is 13.5. The van der Waals surface area contributed by atoms with E-state index in [1.807, 2.05) is 0 Å². The van der Waals surface area contributed by atoms with E-state index in [9.17, 15) is 17.6 Å². The van der Waals surface area contributed by atoms with Gasteiger partial charge in [-0.3, -0.25) is 4.98 Å². The van der Waals surface area contributed by atoms with Crippen molar-refractivity contribution in [3.8, 4) is 0 Å². The first-order chi connectivity index (χ1) is 8.89. The Morgan fingerprint density at radius 1 is 1.11 bits per heavy atom. The van der Waals surface area contributed by atoms with Crippen LogP contribution in [0.15, 0.2) is 42.7 Å². The number of aromatic nitrogens is 1. The van der Waals surface area contributed by atoms with Gasteiger partial charge >= 0.3 is 6.18 Å². The van der Waals surface area contributed by atoms with Gasteiger partial charge in [-0.1, -0.05) is 12.1 Å². The zero-order valence-electron chi connectivity index (χ0n) is 9.66. The molecule has 0 aliphatic heterocycles. The second-order valence-corrected chi connectivity index (χ2v) is 4.00. The molecular weight excluding hydrogens is 260 g/mol. The smallest absolute Gasteiger partial charge is 0.320 e. The minimum absolute atomic E-state index is 0.182. The van der Waals surface area contributed by atoms with Crippen LogP contribution in [0.2, 0.25) is 0 Å². The predicted octanol–water partition coefficient (Wildman–Crippen LogP) is 3.29. The fraction of sp³-hybridized carbons (Fsp3) is 0.154. The first-order valence-electron chi connectivity index (χ1n) is 5.42. The minimum Gasteiger partial charge on any atom is -0.320 e. The maximum absolute atomic E-state index is 13.2. The molecule has 0 radical (unpaired) electrons. The molecule has 1 unspecified atom stereocenters. The number of hydrogen-bond donors (Lipinski definition) is 1. The van der Waals surface area contributed by atoms with Crippen LogP contribution >= 0.6 is 0 Å². The Balaban J connectivity index is 2.42. The van der Waals surface area contributed by atoms with Gasteiger partial charge in [0.1, 0.15) is 5.82 Å². The Labute approximate surface area is 106 Å². The molecule has 0 aliphatic carbocycles. The average Bonchev–Trinajstić information content (AvgIpc) is 2.38. The van der Waals surface area contributed by atoms with E-state index in [4.69, 9.17) is 5.73 Å². The van der Waals surface area contributed by atoms with E-state index >= 15 is 0 Å². The molecule has 1 aromatic heterocycles. The Morgan fingerprint density at radius 3 is 2.42 bits per heavy atom. The molecule has 100 valence electrons. The van der Waals surface area contributed by atoms with Crippen molar-refractivity contribution in [3.05, 3.63) is 65.2 Å². The summed E-state index contributed by atoms with van der Waals surface area (Å²) in [5, 5.41) is 0. The molecule has 0 spiro atoms. The van der Waals surface area contributed by atoms with Crippen LogP contribution in [0.5, 0.6) is 0 Å². The van der Waals surface area contributed by atoms with Crippen molar-refractivity contribution in [2.24, 2.45) is 5.73 Å². The second-order valence-electron chi connectivity index (χ2n) is 4.00. The molecule has 19 heavy (non-hydrogen) atoms. The number of halogens is 4. The predicted molar refractivity (Wildman–Crippen MR) is 61.7 cm³/mol. The summed E-state index contributed by atoms with van der Waals surface area (Å²) in [5.41, 5.74) is 5.27. The highest BCUT2D eigenvalue weighted by molar-refractivity contribution is 5.34. The summed E-state index contributed by atoms with van der Waals surface area (Å²) in [5.74, 6) is -1.31. The molecule has 1 aromatic carbocycles. The van der Waals surface area contributed by atoms with Crippen molar-refractivity contribution in [2.45, 2.75) is 12.2 Å². The number of nitrogens with zero attached hydrogens (tertiary/aromatic N) is 1. The van der Waals surface area contributed by atoms with Crippen LogP contribution in [0.25, 0.3) is 0 Å². The van der Waals surface area contributed by atoms with Gasteiger partial charge in [-0.25, -0.2) is 4.39 Å². The molecule has 0 fully saturated rings. The Kier molecular flexibility index (Phi) is 3.53. The van der Waals surface area contributed by atoms with Crippen LogP contribution in [0.1, 0.15) is 22.7 Å². The molecule has 0 amide bonds. The second kappa shape index (κ2) is 4.97. The SMILES string of the molecule is NC(c1cccnc1)c1ccc(F)c(C(F)(F)F)c1. The molecule has 1 heterocycles. The number of hydrogen-bond acceptors (Lipinski definition) is 2. The number of benzene rings is 1. The van der Waals surface area contributed by atoms with Crippen molar-refractivity contribution >= 4 is 0 Å². The topological polar surface area (TPSA) is 38.9 Å². The van der Waals surface area contributed by atoms with E-state index in [0.29, 0.717) is 5.56 Å². The Hall–Kier alpha value is -1.95.